The van der Waals surface area contributed by atoms with Gasteiger partial charge in [-0.3, -0.25) is 14.5 Å². The molecule has 0 saturated carbocycles. The molecule has 2 aliphatic heterocycles. The van der Waals surface area contributed by atoms with Crippen LogP contribution in [0, 0.1) is 0 Å². The molecule has 2 heterocycles. The van der Waals surface area contributed by atoms with E-state index in [0.717, 1.165) is 17.9 Å². The number of carbonyl (C=O) groups excluding carboxylic acids is 2. The normalized spacial score (nSPS) is 23.0. The summed E-state index contributed by atoms with van der Waals surface area (Å²) in [6.45, 7) is 1.55. The molecule has 124 valence electrons. The van der Waals surface area contributed by atoms with E-state index in [0.29, 0.717) is 12.2 Å². The smallest absolute Gasteiger partial charge is 0.240 e. The third-order valence-electron chi connectivity index (χ3n) is 4.17. The van der Waals surface area contributed by atoms with Crippen LogP contribution in [-0.4, -0.2) is 51.3 Å². The first-order chi connectivity index (χ1) is 10.9. The molecule has 2 fully saturated rings. The number of nitrogens with zero attached hydrogens (tertiary/aromatic N) is 2. The van der Waals surface area contributed by atoms with Gasteiger partial charge in [-0.15, -0.1) is 0 Å². The van der Waals surface area contributed by atoms with Crippen molar-refractivity contribution in [3.05, 3.63) is 24.3 Å². The third kappa shape index (κ3) is 3.29. The van der Waals surface area contributed by atoms with Gasteiger partial charge < -0.3 is 4.90 Å². The highest BCUT2D eigenvalue weighted by Crippen LogP contribution is 2.24. The molecule has 0 radical (unpaired) electrons. The average molecular weight is 337 g/mol. The number of sulfonamides is 1. The first-order valence-electron chi connectivity index (χ1n) is 7.53. The summed E-state index contributed by atoms with van der Waals surface area (Å²) in [6, 6.07) is 5.75. The summed E-state index contributed by atoms with van der Waals surface area (Å²) in [5.74, 6) is -0.504. The monoisotopic (exact) mass is 337 g/mol. The van der Waals surface area contributed by atoms with Crippen molar-refractivity contribution >= 4 is 27.5 Å². The van der Waals surface area contributed by atoms with E-state index in [1.54, 1.807) is 0 Å². The molecule has 2 amide bonds. The van der Waals surface area contributed by atoms with Crippen molar-refractivity contribution in [3.63, 3.8) is 0 Å². The maximum absolute atomic E-state index is 12.4. The fourth-order valence-electron chi connectivity index (χ4n) is 2.96. The molecule has 0 bridgehead atoms. The molecule has 0 aromatic heterocycles. The van der Waals surface area contributed by atoms with E-state index in [1.165, 1.54) is 24.3 Å². The lowest BCUT2D eigenvalue weighted by atomic mass is 10.3. The van der Waals surface area contributed by atoms with Crippen LogP contribution in [0.15, 0.2) is 29.2 Å². The molecule has 2 aliphatic rings. The molecule has 1 aromatic rings. The molecule has 1 atom stereocenters. The van der Waals surface area contributed by atoms with Crippen molar-refractivity contribution in [1.29, 1.82) is 0 Å². The number of nitrogens with one attached hydrogen (secondary N) is 1. The second-order valence-corrected chi connectivity index (χ2v) is 7.70. The van der Waals surface area contributed by atoms with Gasteiger partial charge in [0.15, 0.2) is 0 Å². The van der Waals surface area contributed by atoms with Crippen molar-refractivity contribution in [2.24, 2.45) is 0 Å². The minimum Gasteiger partial charge on any atom is -0.305 e. The highest BCUT2D eigenvalue weighted by molar-refractivity contribution is 7.89. The molecule has 1 aromatic carbocycles. The first kappa shape index (κ1) is 16.1. The summed E-state index contributed by atoms with van der Waals surface area (Å²) in [4.78, 5) is 26.7. The lowest BCUT2D eigenvalue weighted by Crippen LogP contribution is -2.36. The van der Waals surface area contributed by atoms with Crippen LogP contribution < -0.4 is 9.62 Å². The third-order valence-corrected chi connectivity index (χ3v) is 5.71. The Kier molecular flexibility index (Phi) is 4.22. The highest BCUT2D eigenvalue weighted by Gasteiger charge is 2.31. The minimum atomic E-state index is -3.60. The molecule has 0 spiro atoms. The summed E-state index contributed by atoms with van der Waals surface area (Å²) in [6.07, 6.45) is 1.19. The number of imide groups is 1. The van der Waals surface area contributed by atoms with Crippen LogP contribution in [0.4, 0.5) is 5.69 Å². The van der Waals surface area contributed by atoms with Gasteiger partial charge >= 0.3 is 0 Å². The zero-order valence-electron chi connectivity index (χ0n) is 12.9. The largest absolute Gasteiger partial charge is 0.305 e. The average Bonchev–Trinajstić information content (AvgIpc) is 3.04. The van der Waals surface area contributed by atoms with E-state index in [9.17, 15) is 18.0 Å². The molecule has 1 unspecified atom stereocenters. The van der Waals surface area contributed by atoms with E-state index in [2.05, 4.69) is 9.62 Å². The van der Waals surface area contributed by atoms with Crippen LogP contribution in [0.3, 0.4) is 0 Å². The number of anilines is 1. The SMILES string of the molecule is CN1CCC(NS(=O)(=O)c2ccc(N3C(=O)CCC3=O)cc2)C1. The zero-order valence-corrected chi connectivity index (χ0v) is 13.7. The highest BCUT2D eigenvalue weighted by atomic mass is 32.2. The molecule has 1 N–H and O–H groups in total. The lowest BCUT2D eigenvalue weighted by Gasteiger charge is -2.16. The van der Waals surface area contributed by atoms with Gasteiger partial charge in [-0.05, 0) is 44.3 Å². The summed E-state index contributed by atoms with van der Waals surface area (Å²) in [7, 11) is -1.65. The Hall–Kier alpha value is -1.77. The van der Waals surface area contributed by atoms with Crippen LogP contribution in [0.25, 0.3) is 0 Å². The topological polar surface area (TPSA) is 86.8 Å². The number of likely N-dealkylation sites (N-methyl/N-ethyl adjacent to an activating group) is 1. The molecule has 7 nitrogen and oxygen atoms in total. The van der Waals surface area contributed by atoms with Gasteiger partial charge in [0, 0.05) is 25.4 Å². The number of amides is 2. The van der Waals surface area contributed by atoms with Gasteiger partial charge in [0.1, 0.15) is 0 Å². The van der Waals surface area contributed by atoms with Gasteiger partial charge in [0.25, 0.3) is 0 Å². The molecular weight excluding hydrogens is 318 g/mol. The number of benzene rings is 1. The van der Waals surface area contributed by atoms with E-state index in [1.807, 2.05) is 7.05 Å². The molecular formula is C15H19N3O4S. The van der Waals surface area contributed by atoms with Gasteiger partial charge in [-0.1, -0.05) is 0 Å². The maximum atomic E-state index is 12.4. The molecule has 0 aliphatic carbocycles. The maximum Gasteiger partial charge on any atom is 0.240 e. The van der Waals surface area contributed by atoms with Crippen molar-refractivity contribution < 1.29 is 18.0 Å². The Morgan fingerprint density at radius 2 is 1.70 bits per heavy atom. The summed E-state index contributed by atoms with van der Waals surface area (Å²) in [5, 5.41) is 0. The lowest BCUT2D eigenvalue weighted by molar-refractivity contribution is -0.121. The number of rotatable bonds is 4. The second-order valence-electron chi connectivity index (χ2n) is 5.99. The van der Waals surface area contributed by atoms with Gasteiger partial charge in [-0.25, -0.2) is 13.1 Å². The Morgan fingerprint density at radius 3 is 2.22 bits per heavy atom. The predicted molar refractivity (Wildman–Crippen MR) is 84.4 cm³/mol. The Labute approximate surface area is 135 Å². The fourth-order valence-corrected chi connectivity index (χ4v) is 4.22. The summed E-state index contributed by atoms with van der Waals surface area (Å²) in [5.41, 5.74) is 0.414. The van der Waals surface area contributed by atoms with Crippen LogP contribution in [0.1, 0.15) is 19.3 Å². The minimum absolute atomic E-state index is 0.0913. The second kappa shape index (κ2) is 6.03. The number of likely N-dealkylation sites (tertiary alicyclic amines) is 1. The number of hydrogen-bond acceptors (Lipinski definition) is 5. The summed E-state index contributed by atoms with van der Waals surface area (Å²) < 4.78 is 27.4. The quantitative estimate of drug-likeness (QED) is 0.800. The first-order valence-corrected chi connectivity index (χ1v) is 9.02. The van der Waals surface area contributed by atoms with Gasteiger partial charge in [0.05, 0.1) is 10.6 Å². The van der Waals surface area contributed by atoms with E-state index >= 15 is 0 Å². The van der Waals surface area contributed by atoms with E-state index < -0.39 is 10.0 Å². The standard InChI is InChI=1S/C15H19N3O4S/c1-17-9-8-11(10-17)16-23(21,22)13-4-2-12(3-5-13)18-14(19)6-7-15(18)20/h2-5,11,16H,6-10H2,1H3. The summed E-state index contributed by atoms with van der Waals surface area (Å²) >= 11 is 0. The number of carbonyl (C=O) groups is 2. The van der Waals surface area contributed by atoms with Crippen LogP contribution >= 0.6 is 0 Å². The van der Waals surface area contributed by atoms with Gasteiger partial charge in [-0.2, -0.15) is 0 Å². The fraction of sp³-hybridized carbons (Fsp3) is 0.467. The Balaban J connectivity index is 1.76. The molecule has 2 saturated heterocycles. The molecule has 8 heteroatoms. The Bertz CT molecular complexity index is 714. The number of hydrogen-bond donors (Lipinski definition) is 1. The van der Waals surface area contributed by atoms with Crippen molar-refractivity contribution in [1.82, 2.24) is 9.62 Å². The molecule has 23 heavy (non-hydrogen) atoms. The van der Waals surface area contributed by atoms with Crippen LogP contribution in [-0.2, 0) is 19.6 Å². The van der Waals surface area contributed by atoms with E-state index in [4.69, 9.17) is 0 Å². The van der Waals surface area contributed by atoms with Crippen LogP contribution in [0.5, 0.6) is 0 Å². The zero-order chi connectivity index (χ0) is 16.6. The van der Waals surface area contributed by atoms with Crippen molar-refractivity contribution in [3.8, 4) is 0 Å². The van der Waals surface area contributed by atoms with E-state index in [-0.39, 0.29) is 35.6 Å². The van der Waals surface area contributed by atoms with Gasteiger partial charge in [0.2, 0.25) is 21.8 Å². The Morgan fingerprint density at radius 1 is 1.09 bits per heavy atom. The van der Waals surface area contributed by atoms with Crippen molar-refractivity contribution in [2.75, 3.05) is 25.0 Å². The van der Waals surface area contributed by atoms with Crippen molar-refractivity contribution in [2.45, 2.75) is 30.2 Å². The predicted octanol–water partition coefficient (Wildman–Crippen LogP) is 0.322. The molecule has 3 rings (SSSR count). The van der Waals surface area contributed by atoms with Crippen LogP contribution in [0.2, 0.25) is 0 Å².